The van der Waals surface area contributed by atoms with Gasteiger partial charge in [0.15, 0.2) is 0 Å². The second kappa shape index (κ2) is 6.65. The lowest BCUT2D eigenvalue weighted by atomic mass is 10.0. The fourth-order valence-electron chi connectivity index (χ4n) is 2.61. The molecule has 1 saturated heterocycles. The van der Waals surface area contributed by atoms with Gasteiger partial charge in [-0.25, -0.2) is 0 Å². The zero-order valence-corrected chi connectivity index (χ0v) is 10.8. The summed E-state index contributed by atoms with van der Waals surface area (Å²) < 4.78 is 5.76. The molecule has 2 rings (SSSR count). The van der Waals surface area contributed by atoms with Crippen LogP contribution >= 0.6 is 0 Å². The van der Waals surface area contributed by atoms with Crippen molar-refractivity contribution in [3.8, 4) is 5.75 Å². The van der Waals surface area contributed by atoms with Crippen LogP contribution in [-0.4, -0.2) is 30.6 Å². The highest BCUT2D eigenvalue weighted by molar-refractivity contribution is 5.20. The standard InChI is InChI=1S/C15H23NO/c1-2-14-8-6-7-11-16(14)12-13-17-15-9-4-3-5-10-15/h3-5,9-10,14H,2,6-8,11-13H2,1H3. The topological polar surface area (TPSA) is 12.5 Å². The van der Waals surface area contributed by atoms with Gasteiger partial charge in [-0.15, -0.1) is 0 Å². The Hall–Kier alpha value is -1.02. The smallest absolute Gasteiger partial charge is 0.119 e. The monoisotopic (exact) mass is 233 g/mol. The Balaban J connectivity index is 1.74. The van der Waals surface area contributed by atoms with Crippen molar-refractivity contribution < 1.29 is 4.74 Å². The molecule has 1 aliphatic rings. The summed E-state index contributed by atoms with van der Waals surface area (Å²) in [5.41, 5.74) is 0. The summed E-state index contributed by atoms with van der Waals surface area (Å²) in [6.07, 6.45) is 5.38. The van der Waals surface area contributed by atoms with Crippen LogP contribution in [0.2, 0.25) is 0 Å². The van der Waals surface area contributed by atoms with E-state index in [0.29, 0.717) is 0 Å². The number of nitrogens with zero attached hydrogens (tertiary/aromatic N) is 1. The van der Waals surface area contributed by atoms with Crippen LogP contribution in [0.25, 0.3) is 0 Å². The fourth-order valence-corrected chi connectivity index (χ4v) is 2.61. The van der Waals surface area contributed by atoms with Crippen molar-refractivity contribution in [1.29, 1.82) is 0 Å². The number of ether oxygens (including phenoxy) is 1. The third-order valence-corrected chi connectivity index (χ3v) is 3.61. The minimum Gasteiger partial charge on any atom is -0.492 e. The van der Waals surface area contributed by atoms with Crippen molar-refractivity contribution in [2.45, 2.75) is 38.6 Å². The summed E-state index contributed by atoms with van der Waals surface area (Å²) in [5, 5.41) is 0. The SMILES string of the molecule is CCC1CCCCN1CCOc1ccccc1. The molecule has 0 aliphatic carbocycles. The number of likely N-dealkylation sites (tertiary alicyclic amines) is 1. The molecule has 1 fully saturated rings. The summed E-state index contributed by atoms with van der Waals surface area (Å²) in [4.78, 5) is 2.59. The van der Waals surface area contributed by atoms with Crippen molar-refractivity contribution in [2.75, 3.05) is 19.7 Å². The van der Waals surface area contributed by atoms with E-state index >= 15 is 0 Å². The molecule has 0 radical (unpaired) electrons. The third-order valence-electron chi connectivity index (χ3n) is 3.61. The van der Waals surface area contributed by atoms with E-state index in [9.17, 15) is 0 Å². The van der Waals surface area contributed by atoms with E-state index < -0.39 is 0 Å². The maximum atomic E-state index is 5.76. The predicted octanol–water partition coefficient (Wildman–Crippen LogP) is 3.33. The fraction of sp³-hybridized carbons (Fsp3) is 0.600. The largest absolute Gasteiger partial charge is 0.492 e. The van der Waals surface area contributed by atoms with Crippen molar-refractivity contribution in [1.82, 2.24) is 4.90 Å². The predicted molar refractivity (Wildman–Crippen MR) is 71.4 cm³/mol. The molecule has 1 aliphatic heterocycles. The van der Waals surface area contributed by atoms with Gasteiger partial charge in [-0.3, -0.25) is 4.90 Å². The normalized spacial score (nSPS) is 21.4. The van der Waals surface area contributed by atoms with Gasteiger partial charge in [0.25, 0.3) is 0 Å². The van der Waals surface area contributed by atoms with Crippen LogP contribution in [0.4, 0.5) is 0 Å². The molecule has 1 aromatic rings. The van der Waals surface area contributed by atoms with E-state index in [0.717, 1.165) is 24.9 Å². The van der Waals surface area contributed by atoms with Crippen LogP contribution in [-0.2, 0) is 0 Å². The lowest BCUT2D eigenvalue weighted by Crippen LogP contribution is -2.41. The second-order valence-electron chi connectivity index (χ2n) is 4.76. The van der Waals surface area contributed by atoms with Gasteiger partial charge in [0, 0.05) is 12.6 Å². The first-order valence-corrected chi connectivity index (χ1v) is 6.82. The van der Waals surface area contributed by atoms with Crippen molar-refractivity contribution in [3.05, 3.63) is 30.3 Å². The Kier molecular flexibility index (Phi) is 4.87. The average molecular weight is 233 g/mol. The van der Waals surface area contributed by atoms with Gasteiger partial charge < -0.3 is 4.74 Å². The minimum absolute atomic E-state index is 0.781. The van der Waals surface area contributed by atoms with Gasteiger partial charge in [0.2, 0.25) is 0 Å². The van der Waals surface area contributed by atoms with Crippen molar-refractivity contribution >= 4 is 0 Å². The van der Waals surface area contributed by atoms with Crippen molar-refractivity contribution in [2.24, 2.45) is 0 Å². The maximum absolute atomic E-state index is 5.76. The van der Waals surface area contributed by atoms with Crippen LogP contribution in [0.1, 0.15) is 32.6 Å². The molecule has 1 heterocycles. The molecular formula is C15H23NO. The highest BCUT2D eigenvalue weighted by Crippen LogP contribution is 2.19. The summed E-state index contributed by atoms with van der Waals surface area (Å²) in [5.74, 6) is 0.984. The molecule has 0 N–H and O–H groups in total. The molecule has 17 heavy (non-hydrogen) atoms. The van der Waals surface area contributed by atoms with E-state index in [-0.39, 0.29) is 0 Å². The van der Waals surface area contributed by atoms with Gasteiger partial charge in [0.05, 0.1) is 0 Å². The number of para-hydroxylation sites is 1. The number of hydrogen-bond donors (Lipinski definition) is 0. The van der Waals surface area contributed by atoms with E-state index in [4.69, 9.17) is 4.74 Å². The van der Waals surface area contributed by atoms with Crippen LogP contribution in [0.3, 0.4) is 0 Å². The Morgan fingerprint density at radius 2 is 2.06 bits per heavy atom. The van der Waals surface area contributed by atoms with Crippen LogP contribution < -0.4 is 4.74 Å². The molecule has 0 spiro atoms. The first kappa shape index (κ1) is 12.4. The molecular weight excluding hydrogens is 210 g/mol. The van der Waals surface area contributed by atoms with Gasteiger partial charge in [-0.2, -0.15) is 0 Å². The Morgan fingerprint density at radius 3 is 2.82 bits per heavy atom. The summed E-state index contributed by atoms with van der Waals surface area (Å²) >= 11 is 0. The second-order valence-corrected chi connectivity index (χ2v) is 4.76. The van der Waals surface area contributed by atoms with Crippen molar-refractivity contribution in [3.63, 3.8) is 0 Å². The lowest BCUT2D eigenvalue weighted by molar-refractivity contribution is 0.120. The highest BCUT2D eigenvalue weighted by Gasteiger charge is 2.19. The lowest BCUT2D eigenvalue weighted by Gasteiger charge is -2.34. The maximum Gasteiger partial charge on any atom is 0.119 e. The van der Waals surface area contributed by atoms with Gasteiger partial charge in [-0.1, -0.05) is 31.5 Å². The first-order chi connectivity index (χ1) is 8.40. The molecule has 0 bridgehead atoms. The van der Waals surface area contributed by atoms with Gasteiger partial charge >= 0.3 is 0 Å². The van der Waals surface area contributed by atoms with E-state index in [1.165, 1.54) is 32.2 Å². The van der Waals surface area contributed by atoms with Crippen LogP contribution in [0.5, 0.6) is 5.75 Å². The highest BCUT2D eigenvalue weighted by atomic mass is 16.5. The van der Waals surface area contributed by atoms with E-state index in [1.54, 1.807) is 0 Å². The third kappa shape index (κ3) is 3.74. The molecule has 2 nitrogen and oxygen atoms in total. The number of hydrogen-bond acceptors (Lipinski definition) is 2. The Morgan fingerprint density at radius 1 is 1.24 bits per heavy atom. The van der Waals surface area contributed by atoms with Gasteiger partial charge in [-0.05, 0) is 37.9 Å². The summed E-state index contributed by atoms with van der Waals surface area (Å²) in [7, 11) is 0. The van der Waals surface area contributed by atoms with Gasteiger partial charge in [0.1, 0.15) is 12.4 Å². The van der Waals surface area contributed by atoms with E-state index in [2.05, 4.69) is 11.8 Å². The molecule has 0 aromatic heterocycles. The molecule has 1 unspecified atom stereocenters. The Bertz CT molecular complexity index is 312. The van der Waals surface area contributed by atoms with Crippen LogP contribution in [0, 0.1) is 0 Å². The zero-order valence-electron chi connectivity index (χ0n) is 10.8. The quantitative estimate of drug-likeness (QED) is 0.773. The van der Waals surface area contributed by atoms with Crippen LogP contribution in [0.15, 0.2) is 30.3 Å². The number of piperidine rings is 1. The zero-order chi connectivity index (χ0) is 11.9. The molecule has 94 valence electrons. The number of rotatable bonds is 5. The minimum atomic E-state index is 0.781. The summed E-state index contributed by atoms with van der Waals surface area (Å²) in [6.45, 7) is 5.41. The molecule has 2 heteroatoms. The molecule has 0 saturated carbocycles. The number of benzene rings is 1. The average Bonchev–Trinajstić information content (AvgIpc) is 2.40. The first-order valence-electron chi connectivity index (χ1n) is 6.82. The molecule has 1 aromatic carbocycles. The molecule has 1 atom stereocenters. The van der Waals surface area contributed by atoms with E-state index in [1.807, 2.05) is 30.3 Å². The Labute approximate surface area is 105 Å². The summed E-state index contributed by atoms with van der Waals surface area (Å²) in [6, 6.07) is 10.9. The molecule has 0 amide bonds.